The number of aromatic nitrogens is 3. The minimum absolute atomic E-state index is 0.0727. The molecule has 1 saturated heterocycles. The predicted molar refractivity (Wildman–Crippen MR) is 70.1 cm³/mol. The Kier molecular flexibility index (Phi) is 3.24. The van der Waals surface area contributed by atoms with E-state index in [1.54, 1.807) is 17.1 Å². The lowest BCUT2D eigenvalue weighted by atomic mass is 10.1. The molecule has 0 unspecified atom stereocenters. The number of nitrogens with zero attached hydrogens (tertiary/aromatic N) is 4. The summed E-state index contributed by atoms with van der Waals surface area (Å²) < 4.78 is 1.65. The summed E-state index contributed by atoms with van der Waals surface area (Å²) in [5.74, 6) is 0.0727. The topological polar surface area (TPSA) is 63.1 Å². The Morgan fingerprint density at radius 3 is 2.84 bits per heavy atom. The first-order valence-electron chi connectivity index (χ1n) is 6.31. The van der Waals surface area contributed by atoms with Crippen molar-refractivity contribution in [1.82, 2.24) is 25.2 Å². The van der Waals surface area contributed by atoms with Gasteiger partial charge in [0.1, 0.15) is 0 Å². The Morgan fingerprint density at radius 2 is 2.11 bits per heavy atom. The second kappa shape index (κ2) is 5.19. The standard InChI is InChI=1S/C13H15N5O/c19-13(17-7-4-14-5-8-17)11-2-1-3-12(10-11)18-9-6-15-16-18/h1-3,6,9-10,14H,4-5,7-8H2. The highest BCUT2D eigenvalue weighted by atomic mass is 16.2. The van der Waals surface area contributed by atoms with Crippen LogP contribution in [0, 0.1) is 0 Å². The first-order chi connectivity index (χ1) is 9.34. The van der Waals surface area contributed by atoms with Gasteiger partial charge in [-0.2, -0.15) is 0 Å². The monoisotopic (exact) mass is 257 g/mol. The van der Waals surface area contributed by atoms with Crippen molar-refractivity contribution in [2.45, 2.75) is 0 Å². The van der Waals surface area contributed by atoms with Crippen LogP contribution in [0.1, 0.15) is 10.4 Å². The minimum atomic E-state index is 0.0727. The zero-order valence-electron chi connectivity index (χ0n) is 10.5. The average molecular weight is 257 g/mol. The Hall–Kier alpha value is -2.21. The van der Waals surface area contributed by atoms with Gasteiger partial charge >= 0.3 is 0 Å². The van der Waals surface area contributed by atoms with Crippen LogP contribution in [-0.4, -0.2) is 52.0 Å². The summed E-state index contributed by atoms with van der Waals surface area (Å²) in [6, 6.07) is 7.46. The fraction of sp³-hybridized carbons (Fsp3) is 0.308. The number of carbonyl (C=O) groups excluding carboxylic acids is 1. The van der Waals surface area contributed by atoms with E-state index in [-0.39, 0.29) is 5.91 Å². The smallest absolute Gasteiger partial charge is 0.254 e. The highest BCUT2D eigenvalue weighted by molar-refractivity contribution is 5.94. The molecule has 0 radical (unpaired) electrons. The maximum Gasteiger partial charge on any atom is 0.254 e. The van der Waals surface area contributed by atoms with Gasteiger partial charge < -0.3 is 10.2 Å². The van der Waals surface area contributed by atoms with E-state index < -0.39 is 0 Å². The molecule has 1 amide bonds. The van der Waals surface area contributed by atoms with Gasteiger partial charge in [0, 0.05) is 31.7 Å². The maximum atomic E-state index is 12.4. The molecule has 1 aliphatic heterocycles. The van der Waals surface area contributed by atoms with E-state index >= 15 is 0 Å². The van der Waals surface area contributed by atoms with Crippen molar-refractivity contribution in [3.8, 4) is 5.69 Å². The number of hydrogen-bond acceptors (Lipinski definition) is 4. The Morgan fingerprint density at radius 1 is 1.26 bits per heavy atom. The van der Waals surface area contributed by atoms with E-state index in [0.29, 0.717) is 5.56 Å². The highest BCUT2D eigenvalue weighted by Crippen LogP contribution is 2.12. The van der Waals surface area contributed by atoms with Crippen molar-refractivity contribution in [3.63, 3.8) is 0 Å². The zero-order valence-corrected chi connectivity index (χ0v) is 10.5. The van der Waals surface area contributed by atoms with Gasteiger partial charge in [-0.15, -0.1) is 5.10 Å². The number of benzene rings is 1. The highest BCUT2D eigenvalue weighted by Gasteiger charge is 2.18. The van der Waals surface area contributed by atoms with Crippen LogP contribution in [0.5, 0.6) is 0 Å². The van der Waals surface area contributed by atoms with Crippen LogP contribution in [-0.2, 0) is 0 Å². The summed E-state index contributed by atoms with van der Waals surface area (Å²) in [5, 5.41) is 10.9. The second-order valence-corrected chi connectivity index (χ2v) is 4.44. The molecule has 98 valence electrons. The molecule has 19 heavy (non-hydrogen) atoms. The summed E-state index contributed by atoms with van der Waals surface area (Å²) in [4.78, 5) is 14.2. The van der Waals surface area contributed by atoms with Gasteiger partial charge in [-0.1, -0.05) is 11.3 Å². The predicted octanol–water partition coefficient (Wildman–Crippen LogP) is 0.313. The molecule has 0 saturated carbocycles. The molecule has 1 aliphatic rings. The number of amides is 1. The first kappa shape index (κ1) is 11.9. The molecule has 1 aromatic carbocycles. The fourth-order valence-electron chi connectivity index (χ4n) is 2.18. The molecule has 0 atom stereocenters. The second-order valence-electron chi connectivity index (χ2n) is 4.44. The Balaban J connectivity index is 1.84. The summed E-state index contributed by atoms with van der Waals surface area (Å²) >= 11 is 0. The van der Waals surface area contributed by atoms with Crippen LogP contribution in [0.15, 0.2) is 36.7 Å². The third-order valence-corrected chi connectivity index (χ3v) is 3.18. The number of piperazine rings is 1. The van der Waals surface area contributed by atoms with Gasteiger partial charge in [0.15, 0.2) is 0 Å². The van der Waals surface area contributed by atoms with Crippen LogP contribution in [0.3, 0.4) is 0 Å². The number of hydrogen-bond donors (Lipinski definition) is 1. The number of nitrogens with one attached hydrogen (secondary N) is 1. The van der Waals surface area contributed by atoms with E-state index in [1.165, 1.54) is 0 Å². The average Bonchev–Trinajstić information content (AvgIpc) is 3.02. The number of rotatable bonds is 2. The minimum Gasteiger partial charge on any atom is -0.336 e. The van der Waals surface area contributed by atoms with E-state index in [9.17, 15) is 4.79 Å². The molecule has 0 bridgehead atoms. The third-order valence-electron chi connectivity index (χ3n) is 3.18. The van der Waals surface area contributed by atoms with Gasteiger partial charge in [0.2, 0.25) is 0 Å². The molecule has 3 rings (SSSR count). The summed E-state index contributed by atoms with van der Waals surface area (Å²) in [7, 11) is 0. The van der Waals surface area contributed by atoms with Crippen molar-refractivity contribution in [2.75, 3.05) is 26.2 Å². The van der Waals surface area contributed by atoms with Gasteiger partial charge in [-0.25, -0.2) is 4.68 Å². The van der Waals surface area contributed by atoms with Crippen molar-refractivity contribution < 1.29 is 4.79 Å². The van der Waals surface area contributed by atoms with Gasteiger partial charge in [-0.3, -0.25) is 4.79 Å². The largest absolute Gasteiger partial charge is 0.336 e. The van der Waals surface area contributed by atoms with E-state index in [4.69, 9.17) is 0 Å². The van der Waals surface area contributed by atoms with Crippen molar-refractivity contribution >= 4 is 5.91 Å². The molecule has 6 nitrogen and oxygen atoms in total. The zero-order chi connectivity index (χ0) is 13.1. The quantitative estimate of drug-likeness (QED) is 0.841. The number of carbonyl (C=O) groups is 1. The van der Waals surface area contributed by atoms with E-state index in [2.05, 4.69) is 15.6 Å². The van der Waals surface area contributed by atoms with Crippen LogP contribution in [0.2, 0.25) is 0 Å². The summed E-state index contributed by atoms with van der Waals surface area (Å²) in [6.07, 6.45) is 3.37. The van der Waals surface area contributed by atoms with Gasteiger partial charge in [0.25, 0.3) is 5.91 Å². The van der Waals surface area contributed by atoms with Crippen LogP contribution < -0.4 is 5.32 Å². The van der Waals surface area contributed by atoms with Crippen molar-refractivity contribution in [3.05, 3.63) is 42.2 Å². The molecule has 0 spiro atoms. The van der Waals surface area contributed by atoms with Crippen molar-refractivity contribution in [1.29, 1.82) is 0 Å². The molecule has 1 aromatic heterocycles. The van der Waals surface area contributed by atoms with Gasteiger partial charge in [-0.05, 0) is 18.2 Å². The molecular weight excluding hydrogens is 242 g/mol. The molecule has 0 aliphatic carbocycles. The van der Waals surface area contributed by atoms with E-state index in [1.807, 2.05) is 29.2 Å². The molecule has 2 aromatic rings. The lowest BCUT2D eigenvalue weighted by Crippen LogP contribution is -2.46. The molecule has 1 N–H and O–H groups in total. The lowest BCUT2D eigenvalue weighted by Gasteiger charge is -2.27. The van der Waals surface area contributed by atoms with Crippen LogP contribution >= 0.6 is 0 Å². The van der Waals surface area contributed by atoms with Crippen molar-refractivity contribution in [2.24, 2.45) is 0 Å². The summed E-state index contributed by atoms with van der Waals surface area (Å²) in [6.45, 7) is 3.22. The van der Waals surface area contributed by atoms with E-state index in [0.717, 1.165) is 31.9 Å². The third kappa shape index (κ3) is 2.48. The lowest BCUT2D eigenvalue weighted by molar-refractivity contribution is 0.0736. The molecular formula is C13H15N5O. The van der Waals surface area contributed by atoms with Crippen LogP contribution in [0.4, 0.5) is 0 Å². The molecule has 1 fully saturated rings. The van der Waals surface area contributed by atoms with Gasteiger partial charge in [0.05, 0.1) is 18.1 Å². The Bertz CT molecular complexity index is 560. The first-order valence-corrected chi connectivity index (χ1v) is 6.31. The fourth-order valence-corrected chi connectivity index (χ4v) is 2.18. The Labute approximate surface area is 111 Å². The SMILES string of the molecule is O=C(c1cccc(-n2ccnn2)c1)N1CCNCC1. The maximum absolute atomic E-state index is 12.4. The molecule has 6 heteroatoms. The van der Waals surface area contributed by atoms with Crippen LogP contribution in [0.25, 0.3) is 5.69 Å². The normalized spacial score (nSPS) is 15.5. The summed E-state index contributed by atoms with van der Waals surface area (Å²) in [5.41, 5.74) is 1.54. The molecule has 2 heterocycles.